The number of rotatable bonds is 9. The van der Waals surface area contributed by atoms with Crippen molar-refractivity contribution >= 4 is 23.4 Å². The van der Waals surface area contributed by atoms with Crippen molar-refractivity contribution in [1.29, 1.82) is 0 Å². The highest BCUT2D eigenvalue weighted by atomic mass is 32.2. The lowest BCUT2D eigenvalue weighted by atomic mass is 10.1. The number of ether oxygens (including phenoxy) is 1. The lowest BCUT2D eigenvalue weighted by Crippen LogP contribution is -2.14. The molecule has 0 aliphatic rings. The van der Waals surface area contributed by atoms with E-state index in [4.69, 9.17) is 4.74 Å². The molecule has 29 heavy (non-hydrogen) atoms. The van der Waals surface area contributed by atoms with Gasteiger partial charge in [-0.1, -0.05) is 43.3 Å². The highest BCUT2D eigenvalue weighted by Crippen LogP contribution is 2.27. The molecule has 0 fully saturated rings. The number of aromatic nitrogens is 4. The molecule has 1 amide bonds. The first-order chi connectivity index (χ1) is 14.1. The first kappa shape index (κ1) is 20.9. The van der Waals surface area contributed by atoms with Crippen LogP contribution in [0.25, 0.3) is 5.69 Å². The van der Waals surface area contributed by atoms with Crippen LogP contribution in [0.3, 0.4) is 0 Å². The van der Waals surface area contributed by atoms with Gasteiger partial charge >= 0.3 is 0 Å². The molecule has 0 aliphatic heterocycles. The Labute approximate surface area is 174 Å². The molecule has 8 heteroatoms. The van der Waals surface area contributed by atoms with E-state index in [1.807, 2.05) is 37.3 Å². The van der Waals surface area contributed by atoms with Gasteiger partial charge in [-0.05, 0) is 65.6 Å². The summed E-state index contributed by atoms with van der Waals surface area (Å²) in [6, 6.07) is 13.8. The minimum Gasteiger partial charge on any atom is -0.494 e. The number of benzene rings is 2. The molecule has 0 saturated heterocycles. The zero-order chi connectivity index (χ0) is 20.6. The van der Waals surface area contributed by atoms with Gasteiger partial charge in [-0.3, -0.25) is 4.79 Å². The fraction of sp³-hybridized carbons (Fsp3) is 0.333. The Kier molecular flexibility index (Phi) is 7.24. The molecule has 2 aromatic carbocycles. The number of thioether (sulfide) groups is 1. The molecular formula is C21H25N5O2S. The maximum atomic E-state index is 12.4. The summed E-state index contributed by atoms with van der Waals surface area (Å²) in [6.07, 6.45) is 3.40. The topological polar surface area (TPSA) is 81.9 Å². The third-order valence-corrected chi connectivity index (χ3v) is 5.31. The van der Waals surface area contributed by atoms with Gasteiger partial charge in [0.1, 0.15) is 11.4 Å². The number of unbranched alkanes of at least 4 members (excludes halogenated alkanes) is 1. The zero-order valence-corrected chi connectivity index (χ0v) is 17.7. The summed E-state index contributed by atoms with van der Waals surface area (Å²) in [4.78, 5) is 12.4. The third-order valence-electron chi connectivity index (χ3n) is 4.39. The molecule has 152 valence electrons. The first-order valence-electron chi connectivity index (χ1n) is 9.55. The van der Waals surface area contributed by atoms with Gasteiger partial charge in [0, 0.05) is 5.69 Å². The van der Waals surface area contributed by atoms with Crippen molar-refractivity contribution in [1.82, 2.24) is 20.2 Å². The Balaban J connectivity index is 1.62. The van der Waals surface area contributed by atoms with Crippen LogP contribution in [0.1, 0.15) is 30.9 Å². The molecule has 0 bridgehead atoms. The minimum atomic E-state index is -0.109. The van der Waals surface area contributed by atoms with Gasteiger partial charge in [-0.25, -0.2) is 0 Å². The van der Waals surface area contributed by atoms with Gasteiger partial charge in [0.2, 0.25) is 11.1 Å². The van der Waals surface area contributed by atoms with Gasteiger partial charge in [-0.2, -0.15) is 4.68 Å². The van der Waals surface area contributed by atoms with Crippen molar-refractivity contribution < 1.29 is 9.53 Å². The molecule has 1 aromatic heterocycles. The van der Waals surface area contributed by atoms with Crippen LogP contribution in [0.5, 0.6) is 5.75 Å². The van der Waals surface area contributed by atoms with Crippen molar-refractivity contribution in [3.8, 4) is 11.4 Å². The second-order valence-electron chi connectivity index (χ2n) is 6.69. The predicted octanol–water partition coefficient (Wildman–Crippen LogP) is 4.05. The Bertz CT molecular complexity index is 956. The van der Waals surface area contributed by atoms with Crippen LogP contribution in [0.2, 0.25) is 0 Å². The molecule has 0 unspecified atom stereocenters. The molecule has 7 nitrogen and oxygen atoms in total. The van der Waals surface area contributed by atoms with Gasteiger partial charge in [0.25, 0.3) is 0 Å². The summed E-state index contributed by atoms with van der Waals surface area (Å²) in [6.45, 7) is 4.17. The van der Waals surface area contributed by atoms with Crippen LogP contribution < -0.4 is 10.1 Å². The summed E-state index contributed by atoms with van der Waals surface area (Å²) in [5, 5.41) is 15.3. The quantitative estimate of drug-likeness (QED) is 0.535. The number of hydrogen-bond acceptors (Lipinski definition) is 6. The standard InChI is InChI=1S/C21H25N5O2S/c1-4-5-6-16-8-10-17(11-9-16)22-20(27)14-29-21-23-24-25-26(21)18-13-15(2)7-12-19(18)28-3/h7-13H,4-6,14H2,1-3H3,(H,22,27). The average Bonchev–Trinajstić information content (AvgIpc) is 3.20. The molecule has 0 aliphatic carbocycles. The molecule has 0 spiro atoms. The van der Waals surface area contributed by atoms with E-state index >= 15 is 0 Å². The maximum Gasteiger partial charge on any atom is 0.234 e. The molecule has 0 radical (unpaired) electrons. The van der Waals surface area contributed by atoms with E-state index in [2.05, 4.69) is 39.9 Å². The zero-order valence-electron chi connectivity index (χ0n) is 16.9. The summed E-state index contributed by atoms with van der Waals surface area (Å²) in [7, 11) is 1.60. The van der Waals surface area contributed by atoms with E-state index in [1.165, 1.54) is 30.2 Å². The minimum absolute atomic E-state index is 0.109. The molecule has 1 heterocycles. The van der Waals surface area contributed by atoms with E-state index in [9.17, 15) is 4.79 Å². The molecule has 0 atom stereocenters. The van der Waals surface area contributed by atoms with Crippen molar-refractivity contribution in [2.75, 3.05) is 18.2 Å². The van der Waals surface area contributed by atoms with Crippen molar-refractivity contribution in [2.45, 2.75) is 38.3 Å². The summed E-state index contributed by atoms with van der Waals surface area (Å²) < 4.78 is 7.00. The Hall–Kier alpha value is -2.87. The van der Waals surface area contributed by atoms with E-state index in [0.29, 0.717) is 10.9 Å². The third kappa shape index (κ3) is 5.57. The van der Waals surface area contributed by atoms with Crippen molar-refractivity contribution in [2.24, 2.45) is 0 Å². The summed E-state index contributed by atoms with van der Waals surface area (Å²) in [5.41, 5.74) is 3.87. The number of carbonyl (C=O) groups is 1. The molecular weight excluding hydrogens is 386 g/mol. The predicted molar refractivity (Wildman–Crippen MR) is 115 cm³/mol. The fourth-order valence-corrected chi connectivity index (χ4v) is 3.53. The number of carbonyl (C=O) groups excluding carboxylic acids is 1. The number of anilines is 1. The average molecular weight is 412 g/mol. The fourth-order valence-electron chi connectivity index (χ4n) is 2.85. The lowest BCUT2D eigenvalue weighted by molar-refractivity contribution is -0.113. The molecule has 3 aromatic rings. The summed E-state index contributed by atoms with van der Waals surface area (Å²) in [5.74, 6) is 0.756. The maximum absolute atomic E-state index is 12.4. The molecule has 1 N–H and O–H groups in total. The second kappa shape index (κ2) is 10.1. The van der Waals surface area contributed by atoms with Crippen LogP contribution in [0.4, 0.5) is 5.69 Å². The smallest absolute Gasteiger partial charge is 0.234 e. The number of nitrogens with one attached hydrogen (secondary N) is 1. The Morgan fingerprint density at radius 3 is 2.72 bits per heavy atom. The van der Waals surface area contributed by atoms with Crippen LogP contribution in [-0.4, -0.2) is 39.0 Å². The van der Waals surface area contributed by atoms with Gasteiger partial charge in [0.05, 0.1) is 12.9 Å². The summed E-state index contributed by atoms with van der Waals surface area (Å²) >= 11 is 1.27. The number of aryl methyl sites for hydroxylation is 2. The highest BCUT2D eigenvalue weighted by Gasteiger charge is 2.15. The van der Waals surface area contributed by atoms with Gasteiger partial charge < -0.3 is 10.1 Å². The first-order valence-corrected chi connectivity index (χ1v) is 10.5. The van der Waals surface area contributed by atoms with E-state index in [-0.39, 0.29) is 11.7 Å². The van der Waals surface area contributed by atoms with Crippen molar-refractivity contribution in [3.05, 3.63) is 53.6 Å². The largest absolute Gasteiger partial charge is 0.494 e. The van der Waals surface area contributed by atoms with Crippen LogP contribution >= 0.6 is 11.8 Å². The number of tetrazole rings is 1. The normalized spacial score (nSPS) is 10.7. The van der Waals surface area contributed by atoms with E-state index in [0.717, 1.165) is 23.4 Å². The number of hydrogen-bond donors (Lipinski definition) is 1. The van der Waals surface area contributed by atoms with E-state index < -0.39 is 0 Å². The Morgan fingerprint density at radius 2 is 2.00 bits per heavy atom. The van der Waals surface area contributed by atoms with Gasteiger partial charge in [0.15, 0.2) is 0 Å². The van der Waals surface area contributed by atoms with Crippen molar-refractivity contribution in [3.63, 3.8) is 0 Å². The SMILES string of the molecule is CCCCc1ccc(NC(=O)CSc2nnnn2-c2cc(C)ccc2OC)cc1. The number of methoxy groups -OCH3 is 1. The molecule has 3 rings (SSSR count). The lowest BCUT2D eigenvalue weighted by Gasteiger charge is -2.10. The van der Waals surface area contributed by atoms with E-state index in [1.54, 1.807) is 11.8 Å². The number of amides is 1. The Morgan fingerprint density at radius 1 is 1.21 bits per heavy atom. The van der Waals surface area contributed by atoms with Crippen LogP contribution in [0, 0.1) is 6.92 Å². The van der Waals surface area contributed by atoms with Gasteiger partial charge in [-0.15, -0.1) is 5.10 Å². The number of nitrogens with zero attached hydrogens (tertiary/aromatic N) is 4. The second-order valence-corrected chi connectivity index (χ2v) is 7.63. The van der Waals surface area contributed by atoms with Crippen LogP contribution in [0.15, 0.2) is 47.6 Å². The van der Waals surface area contributed by atoms with Crippen LogP contribution in [-0.2, 0) is 11.2 Å². The monoisotopic (exact) mass is 411 g/mol. The highest BCUT2D eigenvalue weighted by molar-refractivity contribution is 7.99. The molecule has 0 saturated carbocycles.